The number of rotatable bonds is 3. The van der Waals surface area contributed by atoms with E-state index >= 15 is 0 Å². The fraction of sp³-hybridized carbons (Fsp3) is 0.167. The van der Waals surface area contributed by atoms with Crippen LogP contribution in [0, 0.1) is 6.92 Å². The van der Waals surface area contributed by atoms with Crippen molar-refractivity contribution in [1.82, 2.24) is 24.3 Å². The van der Waals surface area contributed by atoms with Crippen LogP contribution < -0.4 is 5.32 Å². The van der Waals surface area contributed by atoms with E-state index < -0.39 is 0 Å². The highest BCUT2D eigenvalue weighted by Gasteiger charge is 2.10. The Morgan fingerprint density at radius 2 is 2.00 bits per heavy atom. The average Bonchev–Trinajstić information content (AvgIpc) is 2.89. The van der Waals surface area contributed by atoms with Gasteiger partial charge in [0.25, 0.3) is 0 Å². The molecule has 1 N–H and O–H groups in total. The molecule has 0 aliphatic rings. The molecule has 3 aromatic heterocycles. The summed E-state index contributed by atoms with van der Waals surface area (Å²) in [6, 6.07) is 0. The zero-order chi connectivity index (χ0) is 13.2. The first kappa shape index (κ1) is 11.9. The Labute approximate surface area is 114 Å². The number of fused-ring (bicyclic) bond motifs is 1. The number of nitrogens with zero attached hydrogens (tertiary/aromatic N) is 5. The molecule has 0 saturated heterocycles. The molecule has 0 aromatic carbocycles. The van der Waals surface area contributed by atoms with E-state index in [0.29, 0.717) is 5.16 Å². The molecule has 3 rings (SSSR count). The fourth-order valence-corrected chi connectivity index (χ4v) is 2.39. The van der Waals surface area contributed by atoms with Crippen LogP contribution in [0.15, 0.2) is 41.2 Å². The standard InChI is InChI=1S/C12H12N6S/c1-8-5-15-12(16-6-8)19-11-10-14-3-4-18(10)7-9(13-2)17-11/h3-7,13H,1-2H3. The van der Waals surface area contributed by atoms with Crippen LogP contribution in [0.2, 0.25) is 0 Å². The minimum absolute atomic E-state index is 0.663. The number of hydrogen-bond donors (Lipinski definition) is 1. The average molecular weight is 272 g/mol. The monoisotopic (exact) mass is 272 g/mol. The summed E-state index contributed by atoms with van der Waals surface area (Å²) in [6.45, 7) is 1.96. The SMILES string of the molecule is CNc1cn2ccnc2c(Sc2ncc(C)cn2)n1. The van der Waals surface area contributed by atoms with Crippen molar-refractivity contribution in [3.63, 3.8) is 0 Å². The molecule has 3 heterocycles. The van der Waals surface area contributed by atoms with Gasteiger partial charge in [0.15, 0.2) is 10.8 Å². The second-order valence-electron chi connectivity index (χ2n) is 3.98. The van der Waals surface area contributed by atoms with Crippen molar-refractivity contribution in [1.29, 1.82) is 0 Å². The molecule has 0 radical (unpaired) electrons. The van der Waals surface area contributed by atoms with Crippen molar-refractivity contribution < 1.29 is 0 Å². The van der Waals surface area contributed by atoms with Crippen molar-refractivity contribution >= 4 is 23.2 Å². The van der Waals surface area contributed by atoms with Gasteiger partial charge in [-0.25, -0.2) is 19.9 Å². The van der Waals surface area contributed by atoms with E-state index in [4.69, 9.17) is 0 Å². The number of nitrogens with one attached hydrogen (secondary N) is 1. The van der Waals surface area contributed by atoms with Gasteiger partial charge in [-0.2, -0.15) is 0 Å². The van der Waals surface area contributed by atoms with Gasteiger partial charge < -0.3 is 9.72 Å². The van der Waals surface area contributed by atoms with E-state index in [9.17, 15) is 0 Å². The normalized spacial score (nSPS) is 10.8. The molecule has 6 nitrogen and oxygen atoms in total. The highest BCUT2D eigenvalue weighted by atomic mass is 32.2. The second kappa shape index (κ2) is 4.85. The zero-order valence-electron chi connectivity index (χ0n) is 10.5. The lowest BCUT2D eigenvalue weighted by molar-refractivity contribution is 0.941. The van der Waals surface area contributed by atoms with E-state index in [0.717, 1.165) is 22.1 Å². The van der Waals surface area contributed by atoms with Crippen molar-refractivity contribution in [2.75, 3.05) is 12.4 Å². The fourth-order valence-electron chi connectivity index (χ4n) is 1.61. The summed E-state index contributed by atoms with van der Waals surface area (Å²) >= 11 is 1.40. The third-order valence-electron chi connectivity index (χ3n) is 2.54. The molecule has 96 valence electrons. The van der Waals surface area contributed by atoms with E-state index in [2.05, 4.69) is 25.3 Å². The quantitative estimate of drug-likeness (QED) is 0.736. The minimum Gasteiger partial charge on any atom is -0.372 e. The zero-order valence-corrected chi connectivity index (χ0v) is 11.3. The van der Waals surface area contributed by atoms with Crippen LogP contribution in [-0.4, -0.2) is 31.4 Å². The summed E-state index contributed by atoms with van der Waals surface area (Å²) < 4.78 is 1.93. The summed E-state index contributed by atoms with van der Waals surface area (Å²) in [5.41, 5.74) is 1.83. The van der Waals surface area contributed by atoms with Crippen molar-refractivity contribution in [3.8, 4) is 0 Å². The highest BCUT2D eigenvalue weighted by molar-refractivity contribution is 7.99. The lowest BCUT2D eigenvalue weighted by Gasteiger charge is -2.05. The minimum atomic E-state index is 0.663. The first-order chi connectivity index (χ1) is 9.26. The third kappa shape index (κ3) is 2.37. The molecule has 0 amide bonds. The van der Waals surface area contributed by atoms with Crippen LogP contribution in [0.3, 0.4) is 0 Å². The van der Waals surface area contributed by atoms with Crippen molar-refractivity contribution in [2.24, 2.45) is 0 Å². The van der Waals surface area contributed by atoms with Crippen LogP contribution in [0.4, 0.5) is 5.82 Å². The third-order valence-corrected chi connectivity index (χ3v) is 3.41. The number of aromatic nitrogens is 5. The molecular formula is C12H12N6S. The maximum Gasteiger partial charge on any atom is 0.193 e. The maximum atomic E-state index is 4.50. The molecule has 7 heteroatoms. The van der Waals surface area contributed by atoms with Gasteiger partial charge in [-0.3, -0.25) is 0 Å². The van der Waals surface area contributed by atoms with E-state index in [1.54, 1.807) is 18.6 Å². The number of imidazole rings is 1. The van der Waals surface area contributed by atoms with Crippen LogP contribution in [-0.2, 0) is 0 Å². The largest absolute Gasteiger partial charge is 0.372 e. The molecule has 19 heavy (non-hydrogen) atoms. The van der Waals surface area contributed by atoms with Crippen molar-refractivity contribution in [3.05, 3.63) is 36.5 Å². The van der Waals surface area contributed by atoms with Gasteiger partial charge in [0.05, 0.1) is 6.20 Å². The van der Waals surface area contributed by atoms with Gasteiger partial charge in [-0.15, -0.1) is 0 Å². The first-order valence-electron chi connectivity index (χ1n) is 5.74. The lowest BCUT2D eigenvalue weighted by Crippen LogP contribution is -1.99. The van der Waals surface area contributed by atoms with E-state index in [1.807, 2.05) is 30.8 Å². The topological polar surface area (TPSA) is 68.0 Å². The maximum absolute atomic E-state index is 4.50. The molecule has 0 saturated carbocycles. The molecule has 0 unspecified atom stereocenters. The molecule has 3 aromatic rings. The van der Waals surface area contributed by atoms with Gasteiger partial charge in [0.1, 0.15) is 10.8 Å². The molecule has 0 fully saturated rings. The Bertz CT molecular complexity index is 706. The Balaban J connectivity index is 2.03. The predicted molar refractivity (Wildman–Crippen MR) is 73.4 cm³/mol. The van der Waals surface area contributed by atoms with Gasteiger partial charge >= 0.3 is 0 Å². The Morgan fingerprint density at radius 3 is 2.74 bits per heavy atom. The number of aryl methyl sites for hydroxylation is 1. The Morgan fingerprint density at radius 1 is 1.21 bits per heavy atom. The van der Waals surface area contributed by atoms with Crippen LogP contribution >= 0.6 is 11.8 Å². The van der Waals surface area contributed by atoms with Crippen LogP contribution in [0.5, 0.6) is 0 Å². The molecular weight excluding hydrogens is 260 g/mol. The summed E-state index contributed by atoms with van der Waals surface area (Å²) in [4.78, 5) is 17.4. The van der Waals surface area contributed by atoms with E-state index in [-0.39, 0.29) is 0 Å². The molecule has 0 aliphatic heterocycles. The molecule has 0 bridgehead atoms. The second-order valence-corrected chi connectivity index (χ2v) is 4.94. The lowest BCUT2D eigenvalue weighted by atomic mass is 10.4. The number of anilines is 1. The smallest absolute Gasteiger partial charge is 0.193 e. The summed E-state index contributed by atoms with van der Waals surface area (Å²) in [6.07, 6.45) is 9.11. The van der Waals surface area contributed by atoms with Crippen LogP contribution in [0.1, 0.15) is 5.56 Å². The molecule has 0 aliphatic carbocycles. The Kier molecular flexibility index (Phi) is 3.04. The molecule has 0 atom stereocenters. The summed E-state index contributed by atoms with van der Waals surface area (Å²) in [7, 11) is 1.84. The van der Waals surface area contributed by atoms with Crippen molar-refractivity contribution in [2.45, 2.75) is 17.1 Å². The van der Waals surface area contributed by atoms with Crippen LogP contribution in [0.25, 0.3) is 5.65 Å². The van der Waals surface area contributed by atoms with Gasteiger partial charge in [-0.05, 0) is 24.2 Å². The number of hydrogen-bond acceptors (Lipinski definition) is 6. The summed E-state index contributed by atoms with van der Waals surface area (Å²) in [5.74, 6) is 0.778. The summed E-state index contributed by atoms with van der Waals surface area (Å²) in [5, 5.41) is 4.47. The first-order valence-corrected chi connectivity index (χ1v) is 6.56. The van der Waals surface area contributed by atoms with Gasteiger partial charge in [0, 0.05) is 31.8 Å². The highest BCUT2D eigenvalue weighted by Crippen LogP contribution is 2.27. The van der Waals surface area contributed by atoms with Gasteiger partial charge in [0.2, 0.25) is 0 Å². The molecule has 0 spiro atoms. The Hall–Kier alpha value is -2.15. The van der Waals surface area contributed by atoms with E-state index in [1.165, 1.54) is 11.8 Å². The predicted octanol–water partition coefficient (Wildman–Crippen LogP) is 2.02. The van der Waals surface area contributed by atoms with Gasteiger partial charge in [-0.1, -0.05) is 0 Å².